The number of hydrogen-bond acceptors (Lipinski definition) is 2. The molecular weight excluding hydrogens is 194 g/mol. The number of rotatable bonds is 2. The summed E-state index contributed by atoms with van der Waals surface area (Å²) in [6, 6.07) is 1.63. The molecule has 0 saturated heterocycles. The Balaban J connectivity index is 2.97. The molecule has 0 aromatic carbocycles. The third-order valence-electron chi connectivity index (χ3n) is 2.09. The van der Waals surface area contributed by atoms with Crippen LogP contribution in [0.4, 0.5) is 0 Å². The van der Waals surface area contributed by atoms with Crippen molar-refractivity contribution in [2.75, 3.05) is 0 Å². The van der Waals surface area contributed by atoms with Crippen LogP contribution in [0.1, 0.15) is 41.0 Å². The third kappa shape index (κ3) is 2.71. The van der Waals surface area contributed by atoms with Gasteiger partial charge in [-0.25, -0.2) is 0 Å². The van der Waals surface area contributed by atoms with Crippen LogP contribution in [0.3, 0.4) is 0 Å². The molecule has 0 atom stereocenters. The molecule has 0 N–H and O–H groups in total. The lowest BCUT2D eigenvalue weighted by atomic mass is 9.82. The maximum atomic E-state index is 11.5. The van der Waals surface area contributed by atoms with E-state index in [9.17, 15) is 4.79 Å². The zero-order valence-corrected chi connectivity index (χ0v) is 10.4. The van der Waals surface area contributed by atoms with E-state index in [0.717, 1.165) is 6.42 Å². The van der Waals surface area contributed by atoms with Crippen LogP contribution in [0.2, 0.25) is 0 Å². The van der Waals surface area contributed by atoms with Gasteiger partial charge >= 0.3 is 0 Å². The molecule has 2 nitrogen and oxygen atoms in total. The average molecular weight is 213 g/mol. The van der Waals surface area contributed by atoms with Gasteiger partial charge in [0.25, 0.3) is 5.56 Å². The molecule has 0 aliphatic heterocycles. The summed E-state index contributed by atoms with van der Waals surface area (Å²) in [5.41, 5.74) is 0.278. The Hall–Kier alpha value is -0.570. The van der Waals surface area contributed by atoms with Crippen LogP contribution in [-0.4, -0.2) is 3.96 Å². The van der Waals surface area contributed by atoms with Crippen molar-refractivity contribution in [3.8, 4) is 0 Å². The van der Waals surface area contributed by atoms with Gasteiger partial charge in [0.05, 0.1) is 5.54 Å². The molecule has 0 radical (unpaired) electrons. The van der Waals surface area contributed by atoms with E-state index in [1.807, 2.05) is 9.34 Å². The van der Waals surface area contributed by atoms with Crippen LogP contribution >= 0.6 is 11.5 Å². The standard InChI is InChI=1S/C11H19NOS/c1-10(2,3)8-11(4,5)12-9(13)6-7-14-12/h6-7H,8H2,1-5H3. The van der Waals surface area contributed by atoms with Crippen molar-refractivity contribution in [2.45, 2.75) is 46.6 Å². The summed E-state index contributed by atoms with van der Waals surface area (Å²) in [4.78, 5) is 11.5. The summed E-state index contributed by atoms with van der Waals surface area (Å²) < 4.78 is 1.86. The third-order valence-corrected chi connectivity index (χ3v) is 3.23. The smallest absolute Gasteiger partial charge is 0.261 e. The Morgan fingerprint density at radius 2 is 1.86 bits per heavy atom. The van der Waals surface area contributed by atoms with E-state index < -0.39 is 0 Å². The molecule has 0 spiro atoms. The van der Waals surface area contributed by atoms with E-state index in [0.29, 0.717) is 0 Å². The van der Waals surface area contributed by atoms with Crippen molar-refractivity contribution in [3.63, 3.8) is 0 Å². The van der Waals surface area contributed by atoms with E-state index in [2.05, 4.69) is 34.6 Å². The Labute approximate surface area is 89.7 Å². The van der Waals surface area contributed by atoms with Gasteiger partial charge in [-0.1, -0.05) is 32.3 Å². The fourth-order valence-corrected chi connectivity index (χ4v) is 2.89. The normalized spacial score (nSPS) is 13.2. The molecule has 80 valence electrons. The Morgan fingerprint density at radius 3 is 2.21 bits per heavy atom. The highest BCUT2D eigenvalue weighted by molar-refractivity contribution is 7.04. The lowest BCUT2D eigenvalue weighted by molar-refractivity contribution is 0.223. The summed E-state index contributed by atoms with van der Waals surface area (Å²) in [5, 5.41) is 1.85. The summed E-state index contributed by atoms with van der Waals surface area (Å²) in [5.74, 6) is 0. The van der Waals surface area contributed by atoms with Crippen molar-refractivity contribution in [1.29, 1.82) is 0 Å². The summed E-state index contributed by atoms with van der Waals surface area (Å²) in [6.07, 6.45) is 1.00. The molecule has 0 saturated carbocycles. The molecule has 0 bridgehead atoms. The summed E-state index contributed by atoms with van der Waals surface area (Å²) in [6.45, 7) is 10.8. The minimum atomic E-state index is -0.0799. The first-order chi connectivity index (χ1) is 6.22. The minimum Gasteiger partial charge on any atom is -0.268 e. The summed E-state index contributed by atoms with van der Waals surface area (Å²) >= 11 is 1.50. The molecule has 0 aliphatic rings. The maximum absolute atomic E-state index is 11.5. The zero-order chi connectivity index (χ0) is 11.0. The second-order valence-electron chi connectivity index (χ2n) is 5.59. The lowest BCUT2D eigenvalue weighted by Crippen LogP contribution is -2.35. The van der Waals surface area contributed by atoms with Crippen molar-refractivity contribution < 1.29 is 0 Å². The van der Waals surface area contributed by atoms with Gasteiger partial charge in [-0.15, -0.1) is 0 Å². The monoisotopic (exact) mass is 213 g/mol. The fourth-order valence-electron chi connectivity index (χ4n) is 2.08. The van der Waals surface area contributed by atoms with Gasteiger partial charge in [0.2, 0.25) is 0 Å². The van der Waals surface area contributed by atoms with Crippen LogP contribution in [0.25, 0.3) is 0 Å². The number of aromatic nitrogens is 1. The van der Waals surface area contributed by atoms with Crippen LogP contribution in [0.15, 0.2) is 16.2 Å². The predicted molar refractivity (Wildman–Crippen MR) is 62.0 cm³/mol. The van der Waals surface area contributed by atoms with Gasteiger partial charge in [-0.2, -0.15) is 0 Å². The van der Waals surface area contributed by atoms with Crippen LogP contribution in [0.5, 0.6) is 0 Å². The molecule has 0 fully saturated rings. The topological polar surface area (TPSA) is 22.0 Å². The average Bonchev–Trinajstić information content (AvgIpc) is 2.29. The highest BCUT2D eigenvalue weighted by Gasteiger charge is 2.28. The molecule has 3 heteroatoms. The van der Waals surface area contributed by atoms with Crippen molar-refractivity contribution >= 4 is 11.5 Å². The maximum Gasteiger partial charge on any atom is 0.261 e. The SMILES string of the molecule is CC(C)(C)CC(C)(C)n1sccc1=O. The van der Waals surface area contributed by atoms with E-state index in [1.54, 1.807) is 6.07 Å². The lowest BCUT2D eigenvalue weighted by Gasteiger charge is -2.32. The largest absolute Gasteiger partial charge is 0.268 e. The number of hydrogen-bond donors (Lipinski definition) is 0. The Bertz CT molecular complexity index is 354. The van der Waals surface area contributed by atoms with E-state index in [1.165, 1.54) is 11.5 Å². The summed E-state index contributed by atoms with van der Waals surface area (Å²) in [7, 11) is 0. The van der Waals surface area contributed by atoms with Gasteiger partial charge in [-0.3, -0.25) is 8.75 Å². The highest BCUT2D eigenvalue weighted by atomic mass is 32.1. The van der Waals surface area contributed by atoms with Gasteiger partial charge in [-0.05, 0) is 25.7 Å². The molecule has 1 rings (SSSR count). The van der Waals surface area contributed by atoms with E-state index in [4.69, 9.17) is 0 Å². The molecule has 1 heterocycles. The van der Waals surface area contributed by atoms with Gasteiger partial charge in [0.15, 0.2) is 0 Å². The van der Waals surface area contributed by atoms with Crippen molar-refractivity contribution in [1.82, 2.24) is 3.96 Å². The predicted octanol–water partition coefficient (Wildman–Crippen LogP) is 3.08. The highest BCUT2D eigenvalue weighted by Crippen LogP contribution is 2.32. The van der Waals surface area contributed by atoms with Gasteiger partial charge < -0.3 is 0 Å². The second-order valence-corrected chi connectivity index (χ2v) is 6.44. The van der Waals surface area contributed by atoms with Crippen LogP contribution in [-0.2, 0) is 5.54 Å². The minimum absolute atomic E-state index is 0.0799. The van der Waals surface area contributed by atoms with E-state index >= 15 is 0 Å². The Morgan fingerprint density at radius 1 is 1.29 bits per heavy atom. The first kappa shape index (κ1) is 11.5. The van der Waals surface area contributed by atoms with Gasteiger partial charge in [0.1, 0.15) is 0 Å². The quantitative estimate of drug-likeness (QED) is 0.740. The van der Waals surface area contributed by atoms with Crippen LogP contribution in [0, 0.1) is 5.41 Å². The molecular formula is C11H19NOS. The van der Waals surface area contributed by atoms with Crippen molar-refractivity contribution in [2.24, 2.45) is 5.41 Å². The number of nitrogens with zero attached hydrogens (tertiary/aromatic N) is 1. The zero-order valence-electron chi connectivity index (χ0n) is 9.63. The van der Waals surface area contributed by atoms with Crippen LogP contribution < -0.4 is 5.56 Å². The first-order valence-corrected chi connectivity index (χ1v) is 5.74. The second kappa shape index (κ2) is 3.54. The molecule has 0 amide bonds. The first-order valence-electron chi connectivity index (χ1n) is 4.90. The molecule has 1 aromatic rings. The van der Waals surface area contributed by atoms with Crippen molar-refractivity contribution in [3.05, 3.63) is 21.8 Å². The van der Waals surface area contributed by atoms with Gasteiger partial charge in [0, 0.05) is 11.4 Å². The molecule has 0 unspecified atom stereocenters. The molecule has 14 heavy (non-hydrogen) atoms. The van der Waals surface area contributed by atoms with E-state index in [-0.39, 0.29) is 16.5 Å². The Kier molecular flexibility index (Phi) is 2.91. The fraction of sp³-hybridized carbons (Fsp3) is 0.727. The molecule has 0 aliphatic carbocycles. The molecule has 1 aromatic heterocycles.